The molecule has 1 unspecified atom stereocenters. The first-order valence-corrected chi connectivity index (χ1v) is 4.81. The Bertz CT molecular complexity index is 354. The highest BCUT2D eigenvalue weighted by molar-refractivity contribution is 9.10. The van der Waals surface area contributed by atoms with Crippen molar-refractivity contribution in [3.05, 3.63) is 33.6 Å². The first-order chi connectivity index (χ1) is 6.49. The fraction of sp³-hybridized carbons (Fsp3) is 0.333. The van der Waals surface area contributed by atoms with Gasteiger partial charge in [0.15, 0.2) is 11.6 Å². The lowest BCUT2D eigenvalue weighted by molar-refractivity contribution is 0.471. The second-order valence-electron chi connectivity index (χ2n) is 3.03. The van der Waals surface area contributed by atoms with Gasteiger partial charge in [0, 0.05) is 0 Å². The quantitative estimate of drug-likeness (QED) is 0.647. The molecule has 1 aromatic carbocycles. The van der Waals surface area contributed by atoms with Crippen molar-refractivity contribution in [1.29, 1.82) is 0 Å². The zero-order valence-corrected chi connectivity index (χ0v) is 9.04. The Morgan fingerprint density at radius 1 is 1.36 bits per heavy atom. The zero-order valence-electron chi connectivity index (χ0n) is 7.45. The maximum atomic E-state index is 13.3. The van der Waals surface area contributed by atoms with Gasteiger partial charge in [-0.05, 0) is 40.0 Å². The Balaban J connectivity index is 3.33. The van der Waals surface area contributed by atoms with E-state index in [0.29, 0.717) is 0 Å². The van der Waals surface area contributed by atoms with E-state index in [1.54, 1.807) is 6.92 Å². The zero-order chi connectivity index (χ0) is 10.9. The summed E-state index contributed by atoms with van der Waals surface area (Å²) in [4.78, 5) is 0. The van der Waals surface area contributed by atoms with E-state index < -0.39 is 27.8 Å². The summed E-state index contributed by atoms with van der Waals surface area (Å²) in [5.41, 5.74) is 5.25. The van der Waals surface area contributed by atoms with Crippen molar-refractivity contribution in [2.75, 3.05) is 6.54 Å². The summed E-state index contributed by atoms with van der Waals surface area (Å²) in [6, 6.07) is 0.958. The lowest BCUT2D eigenvalue weighted by atomic mass is 10.0. The molecule has 5 heteroatoms. The highest BCUT2D eigenvalue weighted by atomic mass is 79.9. The van der Waals surface area contributed by atoms with E-state index in [0.717, 1.165) is 6.07 Å². The van der Waals surface area contributed by atoms with Crippen LogP contribution >= 0.6 is 15.9 Å². The summed E-state index contributed by atoms with van der Waals surface area (Å²) in [5.74, 6) is -3.48. The van der Waals surface area contributed by atoms with Crippen LogP contribution in [0.1, 0.15) is 18.4 Å². The van der Waals surface area contributed by atoms with E-state index >= 15 is 0 Å². The Kier molecular flexibility index (Phi) is 3.55. The maximum Gasteiger partial charge on any atom is 0.176 e. The van der Waals surface area contributed by atoms with Crippen LogP contribution in [-0.2, 0) is 0 Å². The van der Waals surface area contributed by atoms with Gasteiger partial charge in [-0.2, -0.15) is 0 Å². The highest BCUT2D eigenvalue weighted by Gasteiger charge is 2.19. The molecule has 0 radical (unpaired) electrons. The van der Waals surface area contributed by atoms with Gasteiger partial charge in [-0.25, -0.2) is 13.2 Å². The fourth-order valence-electron chi connectivity index (χ4n) is 1.08. The number of benzene rings is 1. The van der Waals surface area contributed by atoms with Crippen LogP contribution in [0.4, 0.5) is 13.2 Å². The summed E-state index contributed by atoms with van der Waals surface area (Å²) in [6.07, 6.45) is 0. The summed E-state index contributed by atoms with van der Waals surface area (Å²) >= 11 is 2.61. The minimum absolute atomic E-state index is 0.0364. The molecule has 1 aromatic rings. The standard InChI is InChI=1S/C9H9BrF3N/c1-4(3-14)5-2-6(11)7(10)9(13)8(5)12/h2,4H,3,14H2,1H3. The SMILES string of the molecule is CC(CN)c1cc(F)c(Br)c(F)c1F. The topological polar surface area (TPSA) is 26.0 Å². The van der Waals surface area contributed by atoms with E-state index in [1.807, 2.05) is 0 Å². The normalized spacial score (nSPS) is 13.0. The van der Waals surface area contributed by atoms with Crippen molar-refractivity contribution >= 4 is 15.9 Å². The van der Waals surface area contributed by atoms with E-state index in [9.17, 15) is 13.2 Å². The minimum Gasteiger partial charge on any atom is -0.330 e. The summed E-state index contributed by atoms with van der Waals surface area (Å²) < 4.78 is 38.8. The monoisotopic (exact) mass is 267 g/mol. The van der Waals surface area contributed by atoms with Crippen LogP contribution in [0, 0.1) is 17.5 Å². The second kappa shape index (κ2) is 4.31. The molecule has 78 valence electrons. The van der Waals surface area contributed by atoms with Crippen molar-refractivity contribution in [3.8, 4) is 0 Å². The third-order valence-electron chi connectivity index (χ3n) is 2.02. The summed E-state index contributed by atoms with van der Waals surface area (Å²) in [7, 11) is 0. The average molecular weight is 268 g/mol. The van der Waals surface area contributed by atoms with Gasteiger partial charge < -0.3 is 5.73 Å². The average Bonchev–Trinajstić information content (AvgIpc) is 2.19. The molecule has 0 heterocycles. The molecule has 0 fully saturated rings. The Labute approximate surface area is 88.2 Å². The largest absolute Gasteiger partial charge is 0.330 e. The molecule has 2 N–H and O–H groups in total. The van der Waals surface area contributed by atoms with Crippen LogP contribution in [0.2, 0.25) is 0 Å². The van der Waals surface area contributed by atoms with Gasteiger partial charge >= 0.3 is 0 Å². The minimum atomic E-state index is -1.21. The maximum absolute atomic E-state index is 13.3. The molecule has 1 nitrogen and oxygen atoms in total. The molecule has 0 aliphatic rings. The summed E-state index contributed by atoms with van der Waals surface area (Å²) in [6.45, 7) is 1.74. The number of hydrogen-bond acceptors (Lipinski definition) is 1. The molecule has 0 saturated carbocycles. The van der Waals surface area contributed by atoms with E-state index in [4.69, 9.17) is 5.73 Å². The Morgan fingerprint density at radius 2 is 1.93 bits per heavy atom. The van der Waals surface area contributed by atoms with Crippen molar-refractivity contribution in [2.24, 2.45) is 5.73 Å². The lowest BCUT2D eigenvalue weighted by Crippen LogP contribution is -2.12. The predicted octanol–water partition coefficient (Wildman–Crippen LogP) is 2.93. The first kappa shape index (κ1) is 11.5. The summed E-state index contributed by atoms with van der Waals surface area (Å²) in [5, 5.41) is 0. The number of halogens is 4. The van der Waals surface area contributed by atoms with Crippen LogP contribution in [-0.4, -0.2) is 6.54 Å². The van der Waals surface area contributed by atoms with Gasteiger partial charge in [0.25, 0.3) is 0 Å². The molecular weight excluding hydrogens is 259 g/mol. The molecule has 0 amide bonds. The van der Waals surface area contributed by atoms with Crippen molar-refractivity contribution in [3.63, 3.8) is 0 Å². The Hall–Kier alpha value is -0.550. The van der Waals surface area contributed by atoms with Gasteiger partial charge in [-0.15, -0.1) is 0 Å². The number of hydrogen-bond donors (Lipinski definition) is 1. The van der Waals surface area contributed by atoms with E-state index in [1.165, 1.54) is 0 Å². The molecule has 1 atom stereocenters. The predicted molar refractivity (Wildman–Crippen MR) is 51.5 cm³/mol. The molecule has 0 aliphatic heterocycles. The molecular formula is C9H9BrF3N. The molecule has 0 saturated heterocycles. The molecule has 1 rings (SSSR count). The number of nitrogens with two attached hydrogens (primary N) is 1. The van der Waals surface area contributed by atoms with Gasteiger partial charge in [-0.1, -0.05) is 6.92 Å². The van der Waals surface area contributed by atoms with Gasteiger partial charge in [0.05, 0.1) is 4.47 Å². The fourth-order valence-corrected chi connectivity index (χ4v) is 1.37. The molecule has 0 aliphatic carbocycles. The number of rotatable bonds is 2. The van der Waals surface area contributed by atoms with Crippen LogP contribution in [0.15, 0.2) is 10.5 Å². The van der Waals surface area contributed by atoms with Crippen LogP contribution in [0.25, 0.3) is 0 Å². The van der Waals surface area contributed by atoms with Gasteiger partial charge in [-0.3, -0.25) is 0 Å². The third-order valence-corrected chi connectivity index (χ3v) is 2.74. The lowest BCUT2D eigenvalue weighted by Gasteiger charge is -2.11. The van der Waals surface area contributed by atoms with Crippen LogP contribution < -0.4 is 5.73 Å². The highest BCUT2D eigenvalue weighted by Crippen LogP contribution is 2.28. The van der Waals surface area contributed by atoms with E-state index in [-0.39, 0.29) is 12.1 Å². The first-order valence-electron chi connectivity index (χ1n) is 4.02. The van der Waals surface area contributed by atoms with Crippen molar-refractivity contribution < 1.29 is 13.2 Å². The van der Waals surface area contributed by atoms with Crippen molar-refractivity contribution in [2.45, 2.75) is 12.8 Å². The molecule has 0 bridgehead atoms. The third kappa shape index (κ3) is 1.93. The van der Waals surface area contributed by atoms with Gasteiger partial charge in [0.2, 0.25) is 0 Å². The van der Waals surface area contributed by atoms with Gasteiger partial charge in [0.1, 0.15) is 5.82 Å². The van der Waals surface area contributed by atoms with Crippen molar-refractivity contribution in [1.82, 2.24) is 0 Å². The Morgan fingerprint density at radius 3 is 2.43 bits per heavy atom. The second-order valence-corrected chi connectivity index (χ2v) is 3.82. The van der Waals surface area contributed by atoms with Crippen LogP contribution in [0.5, 0.6) is 0 Å². The smallest absolute Gasteiger partial charge is 0.176 e. The molecule has 0 aromatic heterocycles. The van der Waals surface area contributed by atoms with E-state index in [2.05, 4.69) is 15.9 Å². The molecule has 0 spiro atoms. The van der Waals surface area contributed by atoms with Crippen LogP contribution in [0.3, 0.4) is 0 Å². The molecule has 14 heavy (non-hydrogen) atoms.